The number of aliphatic hydroxyl groups is 1. The van der Waals surface area contributed by atoms with Crippen LogP contribution in [0.4, 0.5) is 0 Å². The molecule has 0 spiro atoms. The van der Waals surface area contributed by atoms with Crippen LogP contribution in [-0.2, 0) is 10.0 Å². The third-order valence-electron chi connectivity index (χ3n) is 2.94. The van der Waals surface area contributed by atoms with E-state index >= 15 is 0 Å². The zero-order valence-electron chi connectivity index (χ0n) is 10.9. The van der Waals surface area contributed by atoms with Crippen molar-refractivity contribution >= 4 is 21.6 Å². The molecule has 0 fully saturated rings. The molecule has 0 unspecified atom stereocenters. The third-order valence-corrected chi connectivity index (χ3v) is 5.49. The van der Waals surface area contributed by atoms with Crippen molar-refractivity contribution in [1.82, 2.24) is 4.31 Å². The number of likely N-dealkylation sites (N-methyl/N-ethyl adjacent to an activating group) is 1. The molecule has 0 saturated heterocycles. The van der Waals surface area contributed by atoms with Gasteiger partial charge in [0.2, 0.25) is 10.0 Å². The summed E-state index contributed by atoms with van der Waals surface area (Å²) in [5.41, 5.74) is -0.663. The van der Waals surface area contributed by atoms with Crippen LogP contribution in [0.25, 0.3) is 0 Å². The zero-order chi connectivity index (χ0) is 14.8. The molecule has 1 aromatic rings. The molecule has 0 aromatic heterocycles. The summed E-state index contributed by atoms with van der Waals surface area (Å²) in [6.45, 7) is 2.88. The lowest BCUT2D eigenvalue weighted by molar-refractivity contribution is 0.138. The molecule has 1 aromatic carbocycles. The van der Waals surface area contributed by atoms with Crippen LogP contribution in [0.3, 0.4) is 0 Å². The first kappa shape index (κ1) is 15.9. The van der Waals surface area contributed by atoms with Crippen molar-refractivity contribution in [3.63, 3.8) is 0 Å². The summed E-state index contributed by atoms with van der Waals surface area (Å²) in [6, 6.07) is 5.86. The number of hydrogen-bond acceptors (Lipinski definition) is 4. The molecule has 0 saturated carbocycles. The molecule has 104 valence electrons. The zero-order valence-corrected chi connectivity index (χ0v) is 12.5. The first-order valence-corrected chi connectivity index (χ1v) is 7.28. The number of halogens is 1. The van der Waals surface area contributed by atoms with E-state index < -0.39 is 15.6 Å². The number of hydrogen-bond donors (Lipinski definition) is 1. The number of nitriles is 1. The fourth-order valence-electron chi connectivity index (χ4n) is 1.35. The Hall–Kier alpha value is -1.13. The van der Waals surface area contributed by atoms with Gasteiger partial charge >= 0.3 is 0 Å². The Morgan fingerprint density at radius 1 is 1.47 bits per heavy atom. The standard InChI is InChI=1S/C12H15ClN2O3S/c1-12(2,8-16)15(3)19(17,18)11-5-4-9(7-14)6-10(11)13/h4-6,16H,8H2,1-3H3. The largest absolute Gasteiger partial charge is 0.394 e. The molecule has 0 amide bonds. The van der Waals surface area contributed by atoms with Gasteiger partial charge < -0.3 is 5.11 Å². The SMILES string of the molecule is CN(C(C)(C)CO)S(=O)(=O)c1ccc(C#N)cc1Cl. The molecule has 0 radical (unpaired) electrons. The summed E-state index contributed by atoms with van der Waals surface area (Å²) in [6.07, 6.45) is 0. The predicted molar refractivity (Wildman–Crippen MR) is 72.3 cm³/mol. The maximum Gasteiger partial charge on any atom is 0.244 e. The van der Waals surface area contributed by atoms with Crippen LogP contribution in [0.15, 0.2) is 23.1 Å². The normalized spacial score (nSPS) is 12.5. The van der Waals surface area contributed by atoms with Gasteiger partial charge in [-0.25, -0.2) is 8.42 Å². The van der Waals surface area contributed by atoms with E-state index in [-0.39, 0.29) is 22.1 Å². The van der Waals surface area contributed by atoms with Crippen molar-refractivity contribution in [3.05, 3.63) is 28.8 Å². The highest BCUT2D eigenvalue weighted by atomic mass is 35.5. The fourth-order valence-corrected chi connectivity index (χ4v) is 3.37. The monoisotopic (exact) mass is 302 g/mol. The minimum absolute atomic E-state index is 0.0142. The fraction of sp³-hybridized carbons (Fsp3) is 0.417. The van der Waals surface area contributed by atoms with E-state index in [1.165, 1.54) is 25.2 Å². The highest BCUT2D eigenvalue weighted by molar-refractivity contribution is 7.89. The Bertz CT molecular complexity index is 620. The Morgan fingerprint density at radius 3 is 2.47 bits per heavy atom. The molecule has 1 rings (SSSR count). The van der Waals surface area contributed by atoms with Gasteiger partial charge in [0.25, 0.3) is 0 Å². The summed E-state index contributed by atoms with van der Waals surface area (Å²) in [5, 5.41) is 18.0. The van der Waals surface area contributed by atoms with Gasteiger partial charge in [0, 0.05) is 7.05 Å². The van der Waals surface area contributed by atoms with Crippen molar-refractivity contribution in [1.29, 1.82) is 5.26 Å². The summed E-state index contributed by atoms with van der Waals surface area (Å²) < 4.78 is 25.9. The molecule has 0 heterocycles. The average Bonchev–Trinajstić information content (AvgIpc) is 2.37. The Labute approximate surface area is 118 Å². The number of nitrogens with zero attached hydrogens (tertiary/aromatic N) is 2. The van der Waals surface area contributed by atoms with Crippen molar-refractivity contribution in [2.24, 2.45) is 0 Å². The highest BCUT2D eigenvalue weighted by Gasteiger charge is 2.34. The molecule has 7 heteroatoms. The Balaban J connectivity index is 3.33. The van der Waals surface area contributed by atoms with E-state index in [0.29, 0.717) is 0 Å². The second kappa shape index (κ2) is 5.47. The van der Waals surface area contributed by atoms with Crippen LogP contribution in [0.1, 0.15) is 19.4 Å². The first-order chi connectivity index (χ1) is 8.66. The summed E-state index contributed by atoms with van der Waals surface area (Å²) in [7, 11) is -2.46. The Morgan fingerprint density at radius 2 is 2.05 bits per heavy atom. The number of sulfonamides is 1. The summed E-state index contributed by atoms with van der Waals surface area (Å²) >= 11 is 5.91. The second-order valence-electron chi connectivity index (χ2n) is 4.70. The molecule has 19 heavy (non-hydrogen) atoms. The molecular formula is C12H15ClN2O3S. The third kappa shape index (κ3) is 3.07. The molecular weight excluding hydrogens is 288 g/mol. The molecule has 0 aliphatic rings. The van der Waals surface area contributed by atoms with Gasteiger partial charge in [-0.3, -0.25) is 0 Å². The second-order valence-corrected chi connectivity index (χ2v) is 7.04. The molecule has 0 bridgehead atoms. The van der Waals surface area contributed by atoms with Crippen molar-refractivity contribution in [2.75, 3.05) is 13.7 Å². The van der Waals surface area contributed by atoms with Gasteiger partial charge in [0.15, 0.2) is 0 Å². The van der Waals surface area contributed by atoms with Crippen LogP contribution in [0.5, 0.6) is 0 Å². The van der Waals surface area contributed by atoms with Crippen molar-refractivity contribution < 1.29 is 13.5 Å². The average molecular weight is 303 g/mol. The van der Waals surface area contributed by atoms with Crippen molar-refractivity contribution in [3.8, 4) is 6.07 Å². The topological polar surface area (TPSA) is 81.4 Å². The molecule has 1 N–H and O–H groups in total. The highest BCUT2D eigenvalue weighted by Crippen LogP contribution is 2.28. The van der Waals surface area contributed by atoms with Crippen LogP contribution in [0.2, 0.25) is 5.02 Å². The Kier molecular flexibility index (Phi) is 4.59. The summed E-state index contributed by atoms with van der Waals surface area (Å²) in [4.78, 5) is -0.0859. The van der Waals surface area contributed by atoms with Gasteiger partial charge in [0.05, 0.1) is 28.8 Å². The van der Waals surface area contributed by atoms with Gasteiger partial charge in [-0.05, 0) is 32.0 Å². The minimum Gasteiger partial charge on any atom is -0.394 e. The van der Waals surface area contributed by atoms with E-state index in [2.05, 4.69) is 0 Å². The molecule has 0 aliphatic heterocycles. The van der Waals surface area contributed by atoms with Gasteiger partial charge in [-0.2, -0.15) is 9.57 Å². The lowest BCUT2D eigenvalue weighted by atomic mass is 10.1. The van der Waals surface area contributed by atoms with Crippen LogP contribution in [0, 0.1) is 11.3 Å². The summed E-state index contributed by atoms with van der Waals surface area (Å²) in [5.74, 6) is 0. The predicted octanol–water partition coefficient (Wildman–Crippen LogP) is 1.60. The van der Waals surface area contributed by atoms with Crippen LogP contribution >= 0.6 is 11.6 Å². The first-order valence-electron chi connectivity index (χ1n) is 5.46. The smallest absolute Gasteiger partial charge is 0.244 e. The lowest BCUT2D eigenvalue weighted by Crippen LogP contribution is -2.47. The van der Waals surface area contributed by atoms with E-state index in [9.17, 15) is 13.5 Å². The quantitative estimate of drug-likeness (QED) is 0.916. The molecule has 0 atom stereocenters. The van der Waals surface area contributed by atoms with E-state index in [1.807, 2.05) is 6.07 Å². The van der Waals surface area contributed by atoms with Crippen LogP contribution < -0.4 is 0 Å². The lowest BCUT2D eigenvalue weighted by Gasteiger charge is -2.32. The van der Waals surface area contributed by atoms with Gasteiger partial charge in [0.1, 0.15) is 4.90 Å². The number of aliphatic hydroxyl groups excluding tert-OH is 1. The maximum atomic E-state index is 12.4. The molecule has 0 aliphatic carbocycles. The maximum absolute atomic E-state index is 12.4. The van der Waals surface area contributed by atoms with E-state index in [0.717, 1.165) is 4.31 Å². The van der Waals surface area contributed by atoms with Gasteiger partial charge in [-0.1, -0.05) is 11.6 Å². The number of benzene rings is 1. The van der Waals surface area contributed by atoms with Crippen molar-refractivity contribution in [2.45, 2.75) is 24.3 Å². The molecule has 5 nitrogen and oxygen atoms in total. The minimum atomic E-state index is -3.83. The van der Waals surface area contributed by atoms with E-state index in [1.54, 1.807) is 13.8 Å². The number of rotatable bonds is 4. The van der Waals surface area contributed by atoms with Crippen LogP contribution in [-0.4, -0.2) is 37.0 Å². The van der Waals surface area contributed by atoms with E-state index in [4.69, 9.17) is 16.9 Å². The van der Waals surface area contributed by atoms with Gasteiger partial charge in [-0.15, -0.1) is 0 Å².